The summed E-state index contributed by atoms with van der Waals surface area (Å²) >= 11 is 0. The van der Waals surface area contributed by atoms with Crippen molar-refractivity contribution in [3.05, 3.63) is 31.5 Å². The summed E-state index contributed by atoms with van der Waals surface area (Å²) in [5.74, 6) is 0. The Balaban J connectivity index is 1.81. The Kier molecular flexibility index (Phi) is 2.88. The molecule has 0 bridgehead atoms. The average Bonchev–Trinajstić information content (AvgIpc) is 3.31. The summed E-state index contributed by atoms with van der Waals surface area (Å²) in [6.07, 6.45) is -0.363. The van der Waals surface area contributed by atoms with E-state index in [0.717, 1.165) is 13.7 Å². The first kappa shape index (κ1) is 13.0. The first-order valence-corrected chi connectivity index (χ1v) is 6.93. The van der Waals surface area contributed by atoms with E-state index in [1.807, 2.05) is 0 Å². The van der Waals surface area contributed by atoms with Crippen LogP contribution in [0.4, 0.5) is 0 Å². The third kappa shape index (κ3) is 2.59. The maximum atomic E-state index is 12.4. The predicted octanol–water partition coefficient (Wildman–Crippen LogP) is -2.63. The van der Waals surface area contributed by atoms with Gasteiger partial charge in [0.25, 0.3) is 0 Å². The molecular weight excluding hydrogens is 282 g/mol. The maximum Gasteiger partial charge on any atom is 0.336 e. The number of ether oxygens (including phenoxy) is 3. The number of aromatic nitrogens is 3. The van der Waals surface area contributed by atoms with Gasteiger partial charge in [-0.15, -0.1) is 0 Å². The largest absolute Gasteiger partial charge is 0.371 e. The number of nitrogens with zero attached hydrogens (tertiary/aromatic N) is 3. The second-order valence-electron chi connectivity index (χ2n) is 5.55. The first-order chi connectivity index (χ1) is 10.1. The molecular formula is C12H15N3O6. The predicted molar refractivity (Wildman–Crippen MR) is 68.4 cm³/mol. The van der Waals surface area contributed by atoms with Gasteiger partial charge in [-0.2, -0.15) is 0 Å². The van der Waals surface area contributed by atoms with E-state index in [-0.39, 0.29) is 37.9 Å². The third-order valence-corrected chi connectivity index (χ3v) is 3.75. The molecule has 3 saturated heterocycles. The molecule has 114 valence electrons. The van der Waals surface area contributed by atoms with Gasteiger partial charge >= 0.3 is 17.1 Å². The van der Waals surface area contributed by atoms with Crippen LogP contribution in [-0.4, -0.2) is 51.8 Å². The molecule has 0 unspecified atom stereocenters. The standard InChI is InChI=1S/C12H15N3O6/c16-10-13(1-7-4-19-7)11(17)15(3-9-6-21-9)12(18)14(10)2-8-5-20-8/h7-9H,1-6H2/t7-,8-,9-/m1/s1. The zero-order valence-electron chi connectivity index (χ0n) is 11.3. The van der Waals surface area contributed by atoms with E-state index >= 15 is 0 Å². The van der Waals surface area contributed by atoms with E-state index in [0.29, 0.717) is 19.8 Å². The van der Waals surface area contributed by atoms with Gasteiger partial charge in [0.2, 0.25) is 0 Å². The van der Waals surface area contributed by atoms with E-state index in [1.165, 1.54) is 0 Å². The highest BCUT2D eigenvalue weighted by Crippen LogP contribution is 2.12. The van der Waals surface area contributed by atoms with Crippen LogP contribution in [0.15, 0.2) is 14.4 Å². The Labute approximate surface area is 118 Å². The van der Waals surface area contributed by atoms with Gasteiger partial charge in [-0.25, -0.2) is 28.1 Å². The molecule has 9 nitrogen and oxygen atoms in total. The highest BCUT2D eigenvalue weighted by atomic mass is 16.6. The van der Waals surface area contributed by atoms with Crippen LogP contribution in [0.5, 0.6) is 0 Å². The lowest BCUT2D eigenvalue weighted by Crippen LogP contribution is -2.55. The van der Waals surface area contributed by atoms with Gasteiger partial charge in [-0.05, 0) is 0 Å². The summed E-state index contributed by atoms with van der Waals surface area (Å²) in [7, 11) is 0. The van der Waals surface area contributed by atoms with E-state index in [4.69, 9.17) is 14.2 Å². The highest BCUT2D eigenvalue weighted by Gasteiger charge is 2.31. The fourth-order valence-electron chi connectivity index (χ4n) is 2.28. The monoisotopic (exact) mass is 297 g/mol. The molecule has 0 N–H and O–H groups in total. The zero-order chi connectivity index (χ0) is 14.6. The zero-order valence-corrected chi connectivity index (χ0v) is 11.3. The first-order valence-electron chi connectivity index (χ1n) is 6.93. The minimum atomic E-state index is -0.594. The molecule has 4 rings (SSSR count). The van der Waals surface area contributed by atoms with Crippen LogP contribution in [0.1, 0.15) is 0 Å². The smallest absolute Gasteiger partial charge is 0.336 e. The molecule has 3 aliphatic heterocycles. The van der Waals surface area contributed by atoms with Crippen LogP contribution in [0.25, 0.3) is 0 Å². The van der Waals surface area contributed by atoms with Crippen molar-refractivity contribution < 1.29 is 14.2 Å². The van der Waals surface area contributed by atoms with Crippen molar-refractivity contribution in [2.45, 2.75) is 37.9 Å². The molecule has 0 saturated carbocycles. The van der Waals surface area contributed by atoms with Crippen LogP contribution in [0.3, 0.4) is 0 Å². The van der Waals surface area contributed by atoms with E-state index in [1.54, 1.807) is 0 Å². The molecule has 3 aliphatic rings. The van der Waals surface area contributed by atoms with Crippen molar-refractivity contribution in [3.8, 4) is 0 Å². The molecule has 4 heterocycles. The summed E-state index contributed by atoms with van der Waals surface area (Å²) < 4.78 is 18.4. The normalized spacial score (nSPS) is 29.4. The lowest BCUT2D eigenvalue weighted by molar-refractivity contribution is 0.327. The highest BCUT2D eigenvalue weighted by molar-refractivity contribution is 4.86. The van der Waals surface area contributed by atoms with E-state index < -0.39 is 17.1 Å². The van der Waals surface area contributed by atoms with Gasteiger partial charge in [0, 0.05) is 0 Å². The minimum Gasteiger partial charge on any atom is -0.371 e. The van der Waals surface area contributed by atoms with Crippen LogP contribution in [-0.2, 0) is 33.8 Å². The van der Waals surface area contributed by atoms with Crippen LogP contribution >= 0.6 is 0 Å². The molecule has 1 aromatic rings. The third-order valence-electron chi connectivity index (χ3n) is 3.75. The molecule has 0 spiro atoms. The van der Waals surface area contributed by atoms with Crippen molar-refractivity contribution in [3.63, 3.8) is 0 Å². The molecule has 3 fully saturated rings. The number of hydrogen-bond donors (Lipinski definition) is 0. The van der Waals surface area contributed by atoms with Gasteiger partial charge in [-0.3, -0.25) is 0 Å². The van der Waals surface area contributed by atoms with Gasteiger partial charge in [-0.1, -0.05) is 0 Å². The van der Waals surface area contributed by atoms with Crippen LogP contribution in [0, 0.1) is 0 Å². The average molecular weight is 297 g/mol. The van der Waals surface area contributed by atoms with Gasteiger partial charge in [0.15, 0.2) is 0 Å². The topological polar surface area (TPSA) is 104 Å². The summed E-state index contributed by atoms with van der Waals surface area (Å²) in [5, 5.41) is 0. The number of epoxide rings is 3. The van der Waals surface area contributed by atoms with E-state index in [2.05, 4.69) is 0 Å². The molecule has 3 atom stereocenters. The van der Waals surface area contributed by atoms with Crippen molar-refractivity contribution in [1.29, 1.82) is 0 Å². The Morgan fingerprint density at radius 1 is 0.667 bits per heavy atom. The molecule has 0 aliphatic carbocycles. The van der Waals surface area contributed by atoms with Crippen molar-refractivity contribution >= 4 is 0 Å². The quantitative estimate of drug-likeness (QED) is 0.532. The van der Waals surface area contributed by atoms with E-state index in [9.17, 15) is 14.4 Å². The maximum absolute atomic E-state index is 12.4. The number of rotatable bonds is 6. The fraction of sp³-hybridized carbons (Fsp3) is 0.750. The van der Waals surface area contributed by atoms with Gasteiger partial charge in [0.1, 0.15) is 0 Å². The Hall–Kier alpha value is -1.71. The Bertz CT molecular complexity index is 605. The van der Waals surface area contributed by atoms with Crippen LogP contribution in [0.2, 0.25) is 0 Å². The molecule has 0 amide bonds. The second kappa shape index (κ2) is 4.65. The molecule has 1 aromatic heterocycles. The minimum absolute atomic E-state index is 0.121. The lowest BCUT2D eigenvalue weighted by atomic mass is 10.4. The lowest BCUT2D eigenvalue weighted by Gasteiger charge is -2.12. The summed E-state index contributed by atoms with van der Waals surface area (Å²) in [4.78, 5) is 37.1. The summed E-state index contributed by atoms with van der Waals surface area (Å²) in [5.41, 5.74) is -1.78. The Morgan fingerprint density at radius 2 is 0.905 bits per heavy atom. The van der Waals surface area contributed by atoms with Gasteiger partial charge in [0.05, 0.1) is 57.8 Å². The molecule has 0 aromatic carbocycles. The molecule has 9 heteroatoms. The van der Waals surface area contributed by atoms with Gasteiger partial charge < -0.3 is 14.2 Å². The molecule has 21 heavy (non-hydrogen) atoms. The second-order valence-corrected chi connectivity index (χ2v) is 5.55. The molecule has 0 radical (unpaired) electrons. The summed E-state index contributed by atoms with van der Waals surface area (Å²) in [6, 6.07) is 0. The fourth-order valence-corrected chi connectivity index (χ4v) is 2.28. The Morgan fingerprint density at radius 3 is 1.10 bits per heavy atom. The van der Waals surface area contributed by atoms with Crippen molar-refractivity contribution in [1.82, 2.24) is 13.7 Å². The van der Waals surface area contributed by atoms with Crippen molar-refractivity contribution in [2.75, 3.05) is 19.8 Å². The summed E-state index contributed by atoms with van der Waals surface area (Å²) in [6.45, 7) is 2.12. The van der Waals surface area contributed by atoms with Crippen molar-refractivity contribution in [2.24, 2.45) is 0 Å². The number of hydrogen-bond acceptors (Lipinski definition) is 6. The SMILES string of the molecule is O=c1n(C[C@@H]2CO2)c(=O)n(C[C@@H]2CO2)c(=O)n1C[C@@H]1CO1. The van der Waals surface area contributed by atoms with Crippen LogP contribution < -0.4 is 17.1 Å².